The van der Waals surface area contributed by atoms with Crippen LogP contribution in [0.3, 0.4) is 0 Å². The molecule has 32 heavy (non-hydrogen) atoms. The lowest BCUT2D eigenvalue weighted by atomic mass is 10.2. The number of thiazole rings is 1. The van der Waals surface area contributed by atoms with Gasteiger partial charge in [-0.25, -0.2) is 22.2 Å². The van der Waals surface area contributed by atoms with Gasteiger partial charge < -0.3 is 4.74 Å². The number of nitrogens with zero attached hydrogens (tertiary/aromatic N) is 1. The van der Waals surface area contributed by atoms with Crippen LogP contribution in [0.25, 0.3) is 10.2 Å². The number of nitrogens with one attached hydrogen (secondary N) is 2. The van der Waals surface area contributed by atoms with Crippen LogP contribution in [0.2, 0.25) is 0 Å². The number of methoxy groups -OCH3 is 1. The molecule has 4 rings (SSSR count). The van der Waals surface area contributed by atoms with Gasteiger partial charge in [-0.1, -0.05) is 11.3 Å². The van der Waals surface area contributed by atoms with Gasteiger partial charge in [-0.3, -0.25) is 14.8 Å². The molecule has 0 saturated carbocycles. The largest absolute Gasteiger partial charge is 0.497 e. The van der Waals surface area contributed by atoms with E-state index in [1.54, 1.807) is 0 Å². The maximum absolute atomic E-state index is 13.8. The Labute approximate surface area is 185 Å². The first-order chi connectivity index (χ1) is 15.2. The van der Waals surface area contributed by atoms with Crippen molar-refractivity contribution >= 4 is 48.3 Å². The van der Waals surface area contributed by atoms with Gasteiger partial charge in [0, 0.05) is 17.3 Å². The lowest BCUT2D eigenvalue weighted by Gasteiger charge is -2.09. The van der Waals surface area contributed by atoms with Crippen LogP contribution in [0.4, 0.5) is 19.6 Å². The second-order valence-corrected chi connectivity index (χ2v) is 9.28. The zero-order chi connectivity index (χ0) is 22.9. The fourth-order valence-corrected chi connectivity index (χ4v) is 4.80. The molecule has 0 aliphatic heterocycles. The molecule has 11 heteroatoms. The summed E-state index contributed by atoms with van der Waals surface area (Å²) in [5.74, 6) is -1.55. The molecule has 0 radical (unpaired) electrons. The number of amides is 1. The van der Waals surface area contributed by atoms with E-state index in [1.807, 2.05) is 0 Å². The van der Waals surface area contributed by atoms with Crippen molar-refractivity contribution < 1.29 is 26.7 Å². The molecule has 0 spiro atoms. The second-order valence-electron chi connectivity index (χ2n) is 6.57. The number of aromatic nitrogens is 1. The van der Waals surface area contributed by atoms with Gasteiger partial charge in [0.1, 0.15) is 17.1 Å². The first-order valence-electron chi connectivity index (χ1n) is 9.09. The number of carbonyl (C=O) groups is 1. The van der Waals surface area contributed by atoms with Crippen molar-refractivity contribution in [3.63, 3.8) is 0 Å². The zero-order valence-electron chi connectivity index (χ0n) is 16.4. The molecule has 0 fully saturated rings. The van der Waals surface area contributed by atoms with Crippen LogP contribution < -0.4 is 14.8 Å². The maximum atomic E-state index is 13.8. The Morgan fingerprint density at radius 2 is 1.72 bits per heavy atom. The highest BCUT2D eigenvalue weighted by Crippen LogP contribution is 2.29. The van der Waals surface area contributed by atoms with Gasteiger partial charge in [0.15, 0.2) is 10.9 Å². The lowest BCUT2D eigenvalue weighted by Crippen LogP contribution is -2.14. The van der Waals surface area contributed by atoms with E-state index in [0.717, 1.165) is 23.5 Å². The third-order valence-electron chi connectivity index (χ3n) is 4.40. The molecule has 1 amide bonds. The normalized spacial score (nSPS) is 11.3. The molecular formula is C21H15F2N3O4S2. The summed E-state index contributed by atoms with van der Waals surface area (Å²) in [6.45, 7) is 0. The molecule has 0 bridgehead atoms. The van der Waals surface area contributed by atoms with E-state index in [1.165, 1.54) is 55.6 Å². The quantitative estimate of drug-likeness (QED) is 0.424. The molecule has 4 aromatic rings. The minimum atomic E-state index is -3.82. The predicted molar refractivity (Wildman–Crippen MR) is 118 cm³/mol. The summed E-state index contributed by atoms with van der Waals surface area (Å²) >= 11 is 0.936. The van der Waals surface area contributed by atoms with E-state index in [4.69, 9.17) is 4.74 Å². The van der Waals surface area contributed by atoms with Crippen LogP contribution in [0.1, 0.15) is 10.4 Å². The van der Waals surface area contributed by atoms with Crippen LogP contribution >= 0.6 is 11.3 Å². The van der Waals surface area contributed by atoms with Crippen molar-refractivity contribution in [3.8, 4) is 5.75 Å². The number of benzene rings is 3. The Morgan fingerprint density at radius 3 is 2.38 bits per heavy atom. The Hall–Kier alpha value is -3.57. The van der Waals surface area contributed by atoms with Crippen LogP contribution in [0, 0.1) is 11.6 Å². The molecule has 0 aliphatic carbocycles. The Morgan fingerprint density at radius 1 is 1.03 bits per heavy atom. The maximum Gasteiger partial charge on any atom is 0.261 e. The van der Waals surface area contributed by atoms with Crippen molar-refractivity contribution in [2.45, 2.75) is 4.90 Å². The fraction of sp³-hybridized carbons (Fsp3) is 0.0476. The Balaban J connectivity index is 1.47. The number of carbonyl (C=O) groups excluding carboxylic acids is 1. The monoisotopic (exact) mass is 475 g/mol. The third-order valence-corrected chi connectivity index (χ3v) is 6.72. The molecule has 0 aliphatic rings. The van der Waals surface area contributed by atoms with E-state index in [9.17, 15) is 22.0 Å². The highest BCUT2D eigenvalue weighted by molar-refractivity contribution is 7.92. The van der Waals surface area contributed by atoms with Gasteiger partial charge in [0.25, 0.3) is 15.9 Å². The van der Waals surface area contributed by atoms with Gasteiger partial charge in [0.05, 0.1) is 16.7 Å². The number of sulfonamides is 1. The van der Waals surface area contributed by atoms with E-state index in [2.05, 4.69) is 15.0 Å². The number of hydrogen-bond acceptors (Lipinski definition) is 6. The van der Waals surface area contributed by atoms with Crippen LogP contribution in [0.15, 0.2) is 65.6 Å². The number of fused-ring (bicyclic) bond motifs is 1. The van der Waals surface area contributed by atoms with Crippen molar-refractivity contribution in [1.29, 1.82) is 0 Å². The molecular weight excluding hydrogens is 460 g/mol. The minimum absolute atomic E-state index is 0.0324. The van der Waals surface area contributed by atoms with Crippen LogP contribution in [-0.4, -0.2) is 26.4 Å². The summed E-state index contributed by atoms with van der Waals surface area (Å²) in [5, 5.41) is 2.64. The van der Waals surface area contributed by atoms with E-state index >= 15 is 0 Å². The summed E-state index contributed by atoms with van der Waals surface area (Å²) in [7, 11) is -2.34. The number of hydrogen-bond donors (Lipinski definition) is 2. The second kappa shape index (κ2) is 8.52. The van der Waals surface area contributed by atoms with E-state index < -0.39 is 27.6 Å². The van der Waals surface area contributed by atoms with Gasteiger partial charge in [-0.15, -0.1) is 0 Å². The molecule has 0 atom stereocenters. The summed E-state index contributed by atoms with van der Waals surface area (Å²) in [4.78, 5) is 16.5. The number of halogens is 2. The molecule has 0 saturated heterocycles. The van der Waals surface area contributed by atoms with Crippen molar-refractivity contribution in [2.24, 2.45) is 0 Å². The van der Waals surface area contributed by atoms with Gasteiger partial charge in [-0.2, -0.15) is 0 Å². The van der Waals surface area contributed by atoms with Gasteiger partial charge in [-0.05, 0) is 54.6 Å². The number of anilines is 2. The molecule has 1 aromatic heterocycles. The Kier molecular flexibility index (Phi) is 5.76. The standard InChI is InChI=1S/C21H15F2N3O4S2/c1-30-15-6-8-16(9-7-15)32(28,29)26-14-4-2-12(3-5-14)20(27)25-21-24-19-17(23)10-13(22)11-18(19)31-21/h2-11,26H,1H3,(H,24,25,27). The van der Waals surface area contributed by atoms with Gasteiger partial charge >= 0.3 is 0 Å². The molecule has 3 aromatic carbocycles. The molecule has 1 heterocycles. The average molecular weight is 475 g/mol. The predicted octanol–water partition coefficient (Wildman–Crippen LogP) is 4.64. The van der Waals surface area contributed by atoms with Crippen molar-refractivity contribution in [3.05, 3.63) is 77.9 Å². The first kappa shape index (κ1) is 21.7. The SMILES string of the molecule is COc1ccc(S(=O)(=O)Nc2ccc(C(=O)Nc3nc4c(F)cc(F)cc4s3)cc2)cc1. The number of rotatable bonds is 6. The van der Waals surface area contributed by atoms with Crippen LogP contribution in [-0.2, 0) is 10.0 Å². The number of ether oxygens (including phenoxy) is 1. The van der Waals surface area contributed by atoms with E-state index in [0.29, 0.717) is 5.75 Å². The summed E-state index contributed by atoms with van der Waals surface area (Å²) in [6, 6.07) is 13.5. The van der Waals surface area contributed by atoms with Crippen molar-refractivity contribution in [2.75, 3.05) is 17.1 Å². The smallest absolute Gasteiger partial charge is 0.261 e. The molecule has 164 valence electrons. The molecule has 7 nitrogen and oxygen atoms in total. The van der Waals surface area contributed by atoms with E-state index in [-0.39, 0.29) is 31.5 Å². The third kappa shape index (κ3) is 4.53. The minimum Gasteiger partial charge on any atom is -0.497 e. The Bertz CT molecular complexity index is 1400. The van der Waals surface area contributed by atoms with Gasteiger partial charge in [0.2, 0.25) is 0 Å². The average Bonchev–Trinajstić information content (AvgIpc) is 3.16. The molecule has 0 unspecified atom stereocenters. The van der Waals surface area contributed by atoms with Crippen LogP contribution in [0.5, 0.6) is 5.75 Å². The first-order valence-corrected chi connectivity index (χ1v) is 11.4. The molecule has 2 N–H and O–H groups in total. The zero-order valence-corrected chi connectivity index (χ0v) is 18.1. The summed E-state index contributed by atoms with van der Waals surface area (Å²) in [6.07, 6.45) is 0. The summed E-state index contributed by atoms with van der Waals surface area (Å²) < 4.78 is 59.8. The summed E-state index contributed by atoms with van der Waals surface area (Å²) in [5.41, 5.74) is 0.452. The highest BCUT2D eigenvalue weighted by atomic mass is 32.2. The lowest BCUT2D eigenvalue weighted by molar-refractivity contribution is 0.102. The fourth-order valence-electron chi connectivity index (χ4n) is 2.84. The van der Waals surface area contributed by atoms with Crippen molar-refractivity contribution in [1.82, 2.24) is 4.98 Å². The highest BCUT2D eigenvalue weighted by Gasteiger charge is 2.16. The topological polar surface area (TPSA) is 97.4 Å².